The Kier molecular flexibility index (Phi) is 5.69. The van der Waals surface area contributed by atoms with Gasteiger partial charge in [-0.05, 0) is 36.6 Å². The van der Waals surface area contributed by atoms with Gasteiger partial charge in [-0.25, -0.2) is 8.78 Å². The van der Waals surface area contributed by atoms with Crippen molar-refractivity contribution in [3.63, 3.8) is 0 Å². The van der Waals surface area contributed by atoms with Gasteiger partial charge in [-0.2, -0.15) is 0 Å². The summed E-state index contributed by atoms with van der Waals surface area (Å²) in [6.45, 7) is 0.438. The van der Waals surface area contributed by atoms with Crippen LogP contribution in [0.5, 0.6) is 5.75 Å². The molecular weight excluding hydrogens is 354 g/mol. The largest absolute Gasteiger partial charge is 0.496 e. The van der Waals surface area contributed by atoms with Crippen LogP contribution >= 0.6 is 0 Å². The van der Waals surface area contributed by atoms with Crippen molar-refractivity contribution in [1.29, 1.82) is 0 Å². The number of hydrogen-bond donors (Lipinski definition) is 2. The molecule has 7 heteroatoms. The number of ether oxygens (including phenoxy) is 1. The number of amides is 2. The van der Waals surface area contributed by atoms with Gasteiger partial charge in [0.05, 0.1) is 18.9 Å². The molecule has 2 aromatic rings. The van der Waals surface area contributed by atoms with Crippen molar-refractivity contribution in [2.24, 2.45) is 11.8 Å². The van der Waals surface area contributed by atoms with Gasteiger partial charge in [0, 0.05) is 18.3 Å². The van der Waals surface area contributed by atoms with Crippen LogP contribution in [0.15, 0.2) is 42.5 Å². The van der Waals surface area contributed by atoms with Crippen LogP contribution in [0, 0.1) is 23.5 Å². The zero-order chi connectivity index (χ0) is 19.4. The predicted molar refractivity (Wildman–Crippen MR) is 96.3 cm³/mol. The number of carbonyl (C=O) groups excluding carboxylic acids is 2. The minimum absolute atomic E-state index is 0.168. The number of methoxy groups -OCH3 is 1. The molecule has 0 heterocycles. The summed E-state index contributed by atoms with van der Waals surface area (Å²) in [4.78, 5) is 24.3. The molecule has 1 saturated carbocycles. The molecule has 2 unspecified atom stereocenters. The van der Waals surface area contributed by atoms with Crippen molar-refractivity contribution in [3.05, 3.63) is 59.7 Å². The second-order valence-corrected chi connectivity index (χ2v) is 6.42. The van der Waals surface area contributed by atoms with Crippen molar-refractivity contribution in [2.45, 2.75) is 12.8 Å². The fourth-order valence-electron chi connectivity index (χ4n) is 2.94. The Morgan fingerprint density at radius 3 is 2.56 bits per heavy atom. The molecule has 0 bridgehead atoms. The molecule has 2 aromatic carbocycles. The van der Waals surface area contributed by atoms with Gasteiger partial charge in [-0.3, -0.25) is 9.59 Å². The second kappa shape index (κ2) is 8.16. The highest BCUT2D eigenvalue weighted by atomic mass is 19.2. The monoisotopic (exact) mass is 374 g/mol. The Morgan fingerprint density at radius 2 is 1.81 bits per heavy atom. The van der Waals surface area contributed by atoms with Crippen LogP contribution in [0.25, 0.3) is 0 Å². The average Bonchev–Trinajstić information content (AvgIpc) is 3.46. The Bertz CT molecular complexity index is 857. The van der Waals surface area contributed by atoms with E-state index in [1.165, 1.54) is 6.07 Å². The van der Waals surface area contributed by atoms with Crippen molar-refractivity contribution < 1.29 is 23.1 Å². The molecular formula is C20H20F2N2O3. The molecule has 0 spiro atoms. The summed E-state index contributed by atoms with van der Waals surface area (Å²) < 4.78 is 31.4. The predicted octanol–water partition coefficient (Wildman–Crippen LogP) is 2.91. The van der Waals surface area contributed by atoms with Crippen LogP contribution in [0.2, 0.25) is 0 Å². The lowest BCUT2D eigenvalue weighted by Gasteiger charge is -2.09. The molecule has 0 radical (unpaired) electrons. The molecule has 2 N–H and O–H groups in total. The molecule has 3 rings (SSSR count). The van der Waals surface area contributed by atoms with Crippen LogP contribution in [0.4, 0.5) is 14.5 Å². The quantitative estimate of drug-likeness (QED) is 0.783. The lowest BCUT2D eigenvalue weighted by atomic mass is 10.1. The third-order valence-corrected chi connectivity index (χ3v) is 4.54. The minimum atomic E-state index is -1.03. The van der Waals surface area contributed by atoms with Gasteiger partial charge >= 0.3 is 0 Å². The Labute approximate surface area is 155 Å². The number of para-hydroxylation sites is 1. The number of carbonyl (C=O) groups is 2. The topological polar surface area (TPSA) is 67.4 Å². The molecule has 2 amide bonds. The second-order valence-electron chi connectivity index (χ2n) is 6.42. The van der Waals surface area contributed by atoms with E-state index in [9.17, 15) is 18.4 Å². The lowest BCUT2D eigenvalue weighted by Crippen LogP contribution is -2.29. The maximum atomic E-state index is 13.2. The maximum Gasteiger partial charge on any atom is 0.228 e. The van der Waals surface area contributed by atoms with E-state index in [-0.39, 0.29) is 17.5 Å². The summed E-state index contributed by atoms with van der Waals surface area (Å²) in [6, 6.07) is 10.7. The highest BCUT2D eigenvalue weighted by molar-refractivity contribution is 5.99. The Hall–Kier alpha value is -2.96. The van der Waals surface area contributed by atoms with Gasteiger partial charge in [0.1, 0.15) is 5.75 Å². The van der Waals surface area contributed by atoms with E-state index in [2.05, 4.69) is 10.6 Å². The Morgan fingerprint density at radius 1 is 1.07 bits per heavy atom. The van der Waals surface area contributed by atoms with Crippen LogP contribution in [0.1, 0.15) is 12.0 Å². The first-order valence-electron chi connectivity index (χ1n) is 8.65. The van der Waals surface area contributed by atoms with Gasteiger partial charge < -0.3 is 15.4 Å². The molecule has 1 aliphatic rings. The van der Waals surface area contributed by atoms with Crippen LogP contribution in [0.3, 0.4) is 0 Å². The van der Waals surface area contributed by atoms with E-state index < -0.39 is 23.5 Å². The summed E-state index contributed by atoms with van der Waals surface area (Å²) in [5, 5.41) is 5.34. The van der Waals surface area contributed by atoms with Crippen molar-refractivity contribution in [2.75, 3.05) is 19.0 Å². The first-order chi connectivity index (χ1) is 13.0. The van der Waals surface area contributed by atoms with E-state index in [1.54, 1.807) is 7.11 Å². The minimum Gasteiger partial charge on any atom is -0.496 e. The normalized spacial score (nSPS) is 17.9. The molecule has 142 valence electrons. The number of halogens is 2. The molecule has 27 heavy (non-hydrogen) atoms. The van der Waals surface area contributed by atoms with Gasteiger partial charge in [0.15, 0.2) is 11.6 Å². The smallest absolute Gasteiger partial charge is 0.228 e. The number of hydrogen-bond acceptors (Lipinski definition) is 3. The molecule has 1 fully saturated rings. The number of anilines is 1. The number of benzene rings is 2. The van der Waals surface area contributed by atoms with E-state index in [0.717, 1.165) is 23.4 Å². The third kappa shape index (κ3) is 4.61. The average molecular weight is 374 g/mol. The maximum absolute atomic E-state index is 13.2. The van der Waals surface area contributed by atoms with Gasteiger partial charge in [-0.1, -0.05) is 18.2 Å². The van der Waals surface area contributed by atoms with Gasteiger partial charge in [0.2, 0.25) is 11.8 Å². The first-order valence-corrected chi connectivity index (χ1v) is 8.65. The molecule has 0 aliphatic heterocycles. The van der Waals surface area contributed by atoms with E-state index in [1.807, 2.05) is 24.3 Å². The standard InChI is InChI=1S/C20H20F2N2O3/c1-27-18-5-3-2-4-12(18)8-9-23-19(25)14-11-15(14)20(26)24-13-6-7-16(21)17(22)10-13/h2-7,10,14-15H,8-9,11H2,1H3,(H,23,25)(H,24,26). The SMILES string of the molecule is COc1ccccc1CCNC(=O)C1CC1C(=O)Nc1ccc(F)c(F)c1. The number of nitrogens with one attached hydrogen (secondary N) is 2. The summed E-state index contributed by atoms with van der Waals surface area (Å²) in [7, 11) is 1.60. The summed E-state index contributed by atoms with van der Waals surface area (Å²) in [6.07, 6.45) is 1.06. The lowest BCUT2D eigenvalue weighted by molar-refractivity contribution is -0.125. The highest BCUT2D eigenvalue weighted by Gasteiger charge is 2.47. The zero-order valence-electron chi connectivity index (χ0n) is 14.8. The highest BCUT2D eigenvalue weighted by Crippen LogP contribution is 2.39. The van der Waals surface area contributed by atoms with E-state index >= 15 is 0 Å². The Balaban J connectivity index is 1.45. The summed E-state index contributed by atoms with van der Waals surface area (Å²) >= 11 is 0. The molecule has 1 aliphatic carbocycles. The van der Waals surface area contributed by atoms with Crippen LogP contribution < -0.4 is 15.4 Å². The fraction of sp³-hybridized carbons (Fsp3) is 0.300. The van der Waals surface area contributed by atoms with Crippen molar-refractivity contribution >= 4 is 17.5 Å². The van der Waals surface area contributed by atoms with E-state index in [0.29, 0.717) is 19.4 Å². The fourth-order valence-corrected chi connectivity index (χ4v) is 2.94. The van der Waals surface area contributed by atoms with Gasteiger partial charge in [-0.15, -0.1) is 0 Å². The first kappa shape index (κ1) is 18.8. The molecule has 5 nitrogen and oxygen atoms in total. The van der Waals surface area contributed by atoms with Crippen molar-refractivity contribution in [1.82, 2.24) is 5.32 Å². The van der Waals surface area contributed by atoms with Crippen LogP contribution in [-0.2, 0) is 16.0 Å². The third-order valence-electron chi connectivity index (χ3n) is 4.54. The molecule has 2 atom stereocenters. The van der Waals surface area contributed by atoms with Crippen molar-refractivity contribution in [3.8, 4) is 5.75 Å². The van der Waals surface area contributed by atoms with Crippen LogP contribution in [-0.4, -0.2) is 25.5 Å². The molecule has 0 saturated heterocycles. The summed E-state index contributed by atoms with van der Waals surface area (Å²) in [5.41, 5.74) is 1.16. The number of rotatable bonds is 7. The van der Waals surface area contributed by atoms with Gasteiger partial charge in [0.25, 0.3) is 0 Å². The summed E-state index contributed by atoms with van der Waals surface area (Å²) in [5.74, 6) is -2.65. The van der Waals surface area contributed by atoms with E-state index in [4.69, 9.17) is 4.74 Å². The zero-order valence-corrected chi connectivity index (χ0v) is 14.8. The molecule has 0 aromatic heterocycles.